The van der Waals surface area contributed by atoms with Crippen LogP contribution in [-0.2, 0) is 9.59 Å². The third-order valence-corrected chi connectivity index (χ3v) is 2.59. The molecule has 0 bridgehead atoms. The van der Waals surface area contributed by atoms with Crippen LogP contribution in [0.15, 0.2) is 0 Å². The smallest absolute Gasteiger partial charge is 0.318 e. The van der Waals surface area contributed by atoms with Gasteiger partial charge in [0.15, 0.2) is 0 Å². The van der Waals surface area contributed by atoms with Crippen LogP contribution in [0.3, 0.4) is 0 Å². The number of nitrogens with one attached hydrogen (secondary N) is 2. The molecule has 0 aromatic carbocycles. The topological polar surface area (TPSA) is 148 Å². The zero-order chi connectivity index (χ0) is 16.3. The quantitative estimate of drug-likeness (QED) is 0.414. The first-order chi connectivity index (χ1) is 9.85. The molecule has 21 heavy (non-hydrogen) atoms. The van der Waals surface area contributed by atoms with E-state index in [0.717, 1.165) is 25.7 Å². The highest BCUT2D eigenvalue weighted by Crippen LogP contribution is 2.01. The minimum Gasteiger partial charge on any atom is -0.351 e. The average Bonchev–Trinajstić information content (AvgIpc) is 2.32. The van der Waals surface area contributed by atoms with Crippen LogP contribution in [0.5, 0.6) is 0 Å². The van der Waals surface area contributed by atoms with Gasteiger partial charge in [-0.25, -0.2) is 9.59 Å². The van der Waals surface area contributed by atoms with E-state index in [9.17, 15) is 19.2 Å². The number of rotatable bonds is 9. The first-order valence-electron chi connectivity index (χ1n) is 6.76. The summed E-state index contributed by atoms with van der Waals surface area (Å²) in [5, 5.41) is 3.85. The number of carbonyl (C=O) groups is 4. The first-order valence-corrected chi connectivity index (χ1v) is 6.76. The SMILES string of the molecule is CCCCCCN(CC(=O)NC(N)=O)CC(=O)NC(N)=O. The molecule has 6 N–H and O–H groups in total. The number of imide groups is 2. The van der Waals surface area contributed by atoms with Gasteiger partial charge in [0.25, 0.3) is 0 Å². The van der Waals surface area contributed by atoms with E-state index in [2.05, 4.69) is 6.92 Å². The van der Waals surface area contributed by atoms with Crippen molar-refractivity contribution in [2.24, 2.45) is 11.5 Å². The minimum absolute atomic E-state index is 0.165. The van der Waals surface area contributed by atoms with E-state index in [1.807, 2.05) is 10.6 Å². The summed E-state index contributed by atoms with van der Waals surface area (Å²) in [6.07, 6.45) is 3.86. The van der Waals surface area contributed by atoms with E-state index in [0.29, 0.717) is 6.54 Å². The molecule has 120 valence electrons. The van der Waals surface area contributed by atoms with E-state index in [-0.39, 0.29) is 13.1 Å². The fourth-order valence-electron chi connectivity index (χ4n) is 1.74. The predicted molar refractivity (Wildman–Crippen MR) is 76.0 cm³/mol. The van der Waals surface area contributed by atoms with Crippen LogP contribution in [-0.4, -0.2) is 48.4 Å². The molecular formula is C12H23N5O4. The van der Waals surface area contributed by atoms with Crippen molar-refractivity contribution in [3.8, 4) is 0 Å². The van der Waals surface area contributed by atoms with Gasteiger partial charge in [-0.05, 0) is 13.0 Å². The molecule has 0 saturated heterocycles. The highest BCUT2D eigenvalue weighted by Gasteiger charge is 2.16. The molecule has 0 radical (unpaired) electrons. The van der Waals surface area contributed by atoms with Crippen LogP contribution in [0, 0.1) is 0 Å². The molecule has 0 spiro atoms. The van der Waals surface area contributed by atoms with Gasteiger partial charge in [-0.15, -0.1) is 0 Å². The van der Waals surface area contributed by atoms with Gasteiger partial charge in [-0.3, -0.25) is 25.1 Å². The number of primary amides is 2. The van der Waals surface area contributed by atoms with E-state index in [1.165, 1.54) is 4.90 Å². The van der Waals surface area contributed by atoms with Gasteiger partial charge in [-0.1, -0.05) is 26.2 Å². The van der Waals surface area contributed by atoms with Gasteiger partial charge in [0.05, 0.1) is 13.1 Å². The maximum atomic E-state index is 11.5. The normalized spacial score (nSPS) is 10.2. The monoisotopic (exact) mass is 301 g/mol. The number of urea groups is 2. The Morgan fingerprint density at radius 1 is 0.857 bits per heavy atom. The Hall–Kier alpha value is -2.16. The van der Waals surface area contributed by atoms with Gasteiger partial charge in [-0.2, -0.15) is 0 Å². The largest absolute Gasteiger partial charge is 0.351 e. The third-order valence-electron chi connectivity index (χ3n) is 2.59. The fraction of sp³-hybridized carbons (Fsp3) is 0.667. The predicted octanol–water partition coefficient (Wildman–Crippen LogP) is -0.741. The number of nitrogens with two attached hydrogens (primary N) is 2. The van der Waals surface area contributed by atoms with Crippen LogP contribution < -0.4 is 22.1 Å². The summed E-state index contributed by atoms with van der Waals surface area (Å²) in [4.78, 5) is 45.7. The second-order valence-corrected chi connectivity index (χ2v) is 4.60. The molecule has 0 aliphatic heterocycles. The molecule has 0 saturated carbocycles. The lowest BCUT2D eigenvalue weighted by molar-refractivity contribution is -0.123. The van der Waals surface area contributed by atoms with E-state index >= 15 is 0 Å². The summed E-state index contributed by atoms with van der Waals surface area (Å²) < 4.78 is 0. The lowest BCUT2D eigenvalue weighted by Crippen LogP contribution is -2.47. The standard InChI is InChI=1S/C12H23N5O4/c1-2-3-4-5-6-17(7-9(18)15-11(13)20)8-10(19)16-12(14)21/h2-8H2,1H3,(H3,13,15,18,20)(H3,14,16,19,21). The molecule has 0 rings (SSSR count). The third kappa shape index (κ3) is 11.4. The van der Waals surface area contributed by atoms with Crippen molar-refractivity contribution in [1.29, 1.82) is 0 Å². The van der Waals surface area contributed by atoms with E-state index in [4.69, 9.17) is 11.5 Å². The maximum absolute atomic E-state index is 11.5. The van der Waals surface area contributed by atoms with Crippen molar-refractivity contribution in [2.75, 3.05) is 19.6 Å². The Kier molecular flexibility index (Phi) is 9.52. The van der Waals surface area contributed by atoms with Gasteiger partial charge in [0.1, 0.15) is 0 Å². The Morgan fingerprint density at radius 3 is 1.71 bits per heavy atom. The molecule has 9 heteroatoms. The van der Waals surface area contributed by atoms with Crippen LogP contribution in [0.4, 0.5) is 9.59 Å². The highest BCUT2D eigenvalue weighted by molar-refractivity contribution is 5.96. The van der Waals surface area contributed by atoms with Crippen LogP contribution >= 0.6 is 0 Å². The van der Waals surface area contributed by atoms with E-state index < -0.39 is 23.9 Å². The Balaban J connectivity index is 4.38. The second-order valence-electron chi connectivity index (χ2n) is 4.60. The number of unbranched alkanes of at least 4 members (excludes halogenated alkanes) is 3. The summed E-state index contributed by atoms with van der Waals surface area (Å²) >= 11 is 0. The molecule has 0 atom stereocenters. The molecule has 0 heterocycles. The highest BCUT2D eigenvalue weighted by atomic mass is 16.2. The van der Waals surface area contributed by atoms with Gasteiger partial charge in [0.2, 0.25) is 11.8 Å². The number of hydrogen-bond donors (Lipinski definition) is 4. The number of carbonyl (C=O) groups excluding carboxylic acids is 4. The maximum Gasteiger partial charge on any atom is 0.318 e. The fourth-order valence-corrected chi connectivity index (χ4v) is 1.74. The van der Waals surface area contributed by atoms with Crippen molar-refractivity contribution in [2.45, 2.75) is 32.6 Å². The van der Waals surface area contributed by atoms with Crippen molar-refractivity contribution in [1.82, 2.24) is 15.5 Å². The molecule has 0 aromatic rings. The number of hydrogen-bond acceptors (Lipinski definition) is 5. The minimum atomic E-state index is -0.951. The van der Waals surface area contributed by atoms with E-state index in [1.54, 1.807) is 0 Å². The number of nitrogens with zero attached hydrogens (tertiary/aromatic N) is 1. The summed E-state index contributed by atoms with van der Waals surface area (Å²) in [5.41, 5.74) is 9.69. The van der Waals surface area contributed by atoms with Gasteiger partial charge >= 0.3 is 12.1 Å². The molecule has 9 nitrogen and oxygen atoms in total. The van der Waals surface area contributed by atoms with Gasteiger partial charge < -0.3 is 11.5 Å². The molecule has 0 aliphatic rings. The van der Waals surface area contributed by atoms with Crippen LogP contribution in [0.25, 0.3) is 0 Å². The first kappa shape index (κ1) is 18.8. The van der Waals surface area contributed by atoms with Crippen LogP contribution in [0.2, 0.25) is 0 Å². The molecule has 0 fully saturated rings. The van der Waals surface area contributed by atoms with Crippen molar-refractivity contribution in [3.05, 3.63) is 0 Å². The number of amides is 6. The zero-order valence-electron chi connectivity index (χ0n) is 12.2. The Morgan fingerprint density at radius 2 is 1.33 bits per heavy atom. The molecule has 0 aliphatic carbocycles. The summed E-state index contributed by atoms with van der Waals surface area (Å²) in [6, 6.07) is -1.90. The molecular weight excluding hydrogens is 278 g/mol. The second kappa shape index (κ2) is 10.6. The molecule has 0 unspecified atom stereocenters. The Labute approximate surface area is 123 Å². The summed E-state index contributed by atoms with van der Waals surface area (Å²) in [7, 11) is 0. The van der Waals surface area contributed by atoms with Crippen molar-refractivity contribution >= 4 is 23.9 Å². The van der Waals surface area contributed by atoms with Crippen molar-refractivity contribution in [3.63, 3.8) is 0 Å². The summed E-state index contributed by atoms with van der Waals surface area (Å²) in [6.45, 7) is 2.22. The zero-order valence-corrected chi connectivity index (χ0v) is 12.2. The van der Waals surface area contributed by atoms with Crippen molar-refractivity contribution < 1.29 is 19.2 Å². The Bertz CT molecular complexity index is 356. The van der Waals surface area contributed by atoms with Crippen LogP contribution in [0.1, 0.15) is 32.6 Å². The molecule has 6 amide bonds. The lowest BCUT2D eigenvalue weighted by atomic mass is 10.2. The average molecular weight is 301 g/mol. The lowest BCUT2D eigenvalue weighted by Gasteiger charge is -2.20. The van der Waals surface area contributed by atoms with Gasteiger partial charge in [0, 0.05) is 0 Å². The summed E-state index contributed by atoms with van der Waals surface area (Å²) in [5.74, 6) is -1.21. The molecule has 0 aromatic heterocycles.